The number of amides is 1. The molecule has 0 unspecified atom stereocenters. The lowest BCUT2D eigenvalue weighted by molar-refractivity contribution is 0.101. The second-order valence-corrected chi connectivity index (χ2v) is 6.57. The van der Waals surface area contributed by atoms with Crippen molar-refractivity contribution in [3.05, 3.63) is 65.5 Å². The van der Waals surface area contributed by atoms with Crippen LogP contribution in [0.1, 0.15) is 15.9 Å². The Morgan fingerprint density at radius 3 is 2.74 bits per heavy atom. The molecule has 0 saturated heterocycles. The molecule has 0 saturated carbocycles. The van der Waals surface area contributed by atoms with Gasteiger partial charge in [0.25, 0.3) is 0 Å². The number of para-hydroxylation sites is 1. The lowest BCUT2D eigenvalue weighted by atomic mass is 10.1. The molecule has 3 aromatic rings. The molecule has 6 heteroatoms. The molecule has 0 atom stereocenters. The zero-order chi connectivity index (χ0) is 19.1. The highest BCUT2D eigenvalue weighted by Crippen LogP contribution is 2.35. The number of allylic oxidation sites excluding steroid dienone is 1. The van der Waals surface area contributed by atoms with Gasteiger partial charge in [-0.15, -0.1) is 0 Å². The van der Waals surface area contributed by atoms with Crippen molar-refractivity contribution in [2.75, 3.05) is 14.1 Å². The van der Waals surface area contributed by atoms with E-state index in [0.717, 1.165) is 16.5 Å². The van der Waals surface area contributed by atoms with Gasteiger partial charge < -0.3 is 18.9 Å². The highest BCUT2D eigenvalue weighted by Gasteiger charge is 2.28. The Morgan fingerprint density at radius 1 is 1.19 bits per heavy atom. The van der Waals surface area contributed by atoms with E-state index in [2.05, 4.69) is 0 Å². The number of ketones is 1. The van der Waals surface area contributed by atoms with Crippen LogP contribution in [0.4, 0.5) is 4.79 Å². The number of carbonyl (C=O) groups is 2. The summed E-state index contributed by atoms with van der Waals surface area (Å²) in [5.74, 6) is 0.767. The van der Waals surface area contributed by atoms with Crippen molar-refractivity contribution < 1.29 is 19.1 Å². The van der Waals surface area contributed by atoms with Gasteiger partial charge in [0.2, 0.25) is 5.78 Å². The number of nitrogens with zero attached hydrogens (tertiary/aromatic N) is 2. The lowest BCUT2D eigenvalue weighted by Gasteiger charge is -2.10. The molecule has 27 heavy (non-hydrogen) atoms. The largest absolute Gasteiger partial charge is 0.452 e. The molecule has 1 aliphatic rings. The molecule has 2 aromatic carbocycles. The predicted octanol–water partition coefficient (Wildman–Crippen LogP) is 3.85. The minimum atomic E-state index is -0.495. The fourth-order valence-corrected chi connectivity index (χ4v) is 3.05. The number of benzene rings is 2. The second-order valence-electron chi connectivity index (χ2n) is 6.57. The minimum absolute atomic E-state index is 0.191. The number of hydrogen-bond acceptors (Lipinski definition) is 4. The van der Waals surface area contributed by atoms with E-state index in [9.17, 15) is 9.59 Å². The van der Waals surface area contributed by atoms with Crippen LogP contribution < -0.4 is 9.47 Å². The zero-order valence-electron chi connectivity index (χ0n) is 15.2. The van der Waals surface area contributed by atoms with E-state index >= 15 is 0 Å². The van der Waals surface area contributed by atoms with Gasteiger partial charge in [0.1, 0.15) is 11.5 Å². The van der Waals surface area contributed by atoms with Crippen molar-refractivity contribution in [2.45, 2.75) is 0 Å². The van der Waals surface area contributed by atoms with Crippen molar-refractivity contribution in [3.63, 3.8) is 0 Å². The maximum absolute atomic E-state index is 12.7. The monoisotopic (exact) mass is 362 g/mol. The SMILES string of the molecule is CN(C)C(=O)Oc1ccc2c(c1)O/C(=C/c1cn(C)c3ccccc13)C2=O. The number of Topliss-reactive ketones (excluding diaryl/α,β-unsaturated/α-hetero) is 1. The standard InChI is InChI=1S/C21H18N2O4/c1-22(2)21(25)26-14-8-9-16-18(11-14)27-19(20(16)24)10-13-12-23(3)17-7-5-4-6-15(13)17/h4-12H,1-3H3/b19-10+. The average molecular weight is 362 g/mol. The Kier molecular flexibility index (Phi) is 3.96. The highest BCUT2D eigenvalue weighted by molar-refractivity contribution is 6.15. The Bertz CT molecular complexity index is 1110. The van der Waals surface area contributed by atoms with Gasteiger partial charge >= 0.3 is 6.09 Å². The van der Waals surface area contributed by atoms with E-state index in [1.165, 1.54) is 4.90 Å². The summed E-state index contributed by atoms with van der Waals surface area (Å²) >= 11 is 0. The number of aromatic nitrogens is 1. The molecule has 2 heterocycles. The fourth-order valence-electron chi connectivity index (χ4n) is 3.05. The van der Waals surface area contributed by atoms with Crippen molar-refractivity contribution >= 4 is 28.9 Å². The molecule has 136 valence electrons. The Hall–Kier alpha value is -3.54. The molecule has 0 aliphatic carbocycles. The zero-order valence-corrected chi connectivity index (χ0v) is 15.2. The van der Waals surface area contributed by atoms with Crippen LogP contribution in [0, 0.1) is 0 Å². The number of carbonyl (C=O) groups excluding carboxylic acids is 2. The summed E-state index contributed by atoms with van der Waals surface area (Å²) in [6.45, 7) is 0. The lowest BCUT2D eigenvalue weighted by Crippen LogP contribution is -2.25. The molecule has 1 amide bonds. The van der Waals surface area contributed by atoms with E-state index in [1.807, 2.05) is 42.1 Å². The number of rotatable bonds is 2. The number of fused-ring (bicyclic) bond motifs is 2. The molecule has 0 radical (unpaired) electrons. The molecule has 4 rings (SSSR count). The van der Waals surface area contributed by atoms with Gasteiger partial charge in [0.05, 0.1) is 5.56 Å². The predicted molar refractivity (Wildman–Crippen MR) is 102 cm³/mol. The maximum Gasteiger partial charge on any atom is 0.414 e. The second kappa shape index (κ2) is 6.32. The molecule has 0 fully saturated rings. The number of aryl methyl sites for hydroxylation is 1. The van der Waals surface area contributed by atoms with E-state index in [0.29, 0.717) is 17.1 Å². The first kappa shape index (κ1) is 16.9. The Morgan fingerprint density at radius 2 is 1.96 bits per heavy atom. The number of ether oxygens (including phenoxy) is 2. The summed E-state index contributed by atoms with van der Waals surface area (Å²) in [4.78, 5) is 25.7. The number of hydrogen-bond donors (Lipinski definition) is 0. The van der Waals surface area contributed by atoms with E-state index in [1.54, 1.807) is 38.4 Å². The first-order valence-corrected chi connectivity index (χ1v) is 8.45. The highest BCUT2D eigenvalue weighted by atomic mass is 16.6. The molecule has 0 spiro atoms. The first-order valence-electron chi connectivity index (χ1n) is 8.45. The maximum atomic E-state index is 12.7. The molecular weight excluding hydrogens is 344 g/mol. The summed E-state index contributed by atoms with van der Waals surface area (Å²) in [7, 11) is 5.16. The topological polar surface area (TPSA) is 60.8 Å². The third-order valence-corrected chi connectivity index (χ3v) is 4.43. The van der Waals surface area contributed by atoms with Gasteiger partial charge in [-0.25, -0.2) is 4.79 Å². The summed E-state index contributed by atoms with van der Waals surface area (Å²) < 4.78 is 13.0. The van der Waals surface area contributed by atoms with Crippen molar-refractivity contribution in [1.82, 2.24) is 9.47 Å². The normalized spacial score (nSPS) is 14.3. The molecular formula is C21H18N2O4. The third-order valence-electron chi connectivity index (χ3n) is 4.43. The van der Waals surface area contributed by atoms with Gasteiger partial charge in [-0.3, -0.25) is 4.79 Å². The summed E-state index contributed by atoms with van der Waals surface area (Å²) in [6, 6.07) is 12.7. The summed E-state index contributed by atoms with van der Waals surface area (Å²) in [5, 5.41) is 1.04. The van der Waals surface area contributed by atoms with E-state index in [4.69, 9.17) is 9.47 Å². The fraction of sp³-hybridized carbons (Fsp3) is 0.143. The van der Waals surface area contributed by atoms with Crippen molar-refractivity contribution in [3.8, 4) is 11.5 Å². The van der Waals surface area contributed by atoms with Crippen LogP contribution in [-0.4, -0.2) is 35.4 Å². The third kappa shape index (κ3) is 2.95. The van der Waals surface area contributed by atoms with Crippen LogP contribution in [0.3, 0.4) is 0 Å². The summed E-state index contributed by atoms with van der Waals surface area (Å²) in [6.07, 6.45) is 3.21. The van der Waals surface area contributed by atoms with Gasteiger partial charge in [0, 0.05) is 49.9 Å². The van der Waals surface area contributed by atoms with E-state index in [-0.39, 0.29) is 11.5 Å². The summed E-state index contributed by atoms with van der Waals surface area (Å²) in [5.41, 5.74) is 2.43. The van der Waals surface area contributed by atoms with E-state index < -0.39 is 6.09 Å². The first-order chi connectivity index (χ1) is 12.9. The quantitative estimate of drug-likeness (QED) is 0.650. The van der Waals surface area contributed by atoms with Gasteiger partial charge in [-0.05, 0) is 24.3 Å². The molecule has 1 aromatic heterocycles. The van der Waals surface area contributed by atoms with Crippen LogP contribution in [0.25, 0.3) is 17.0 Å². The smallest absolute Gasteiger partial charge is 0.414 e. The van der Waals surface area contributed by atoms with Crippen LogP contribution >= 0.6 is 0 Å². The van der Waals surface area contributed by atoms with Crippen molar-refractivity contribution in [1.29, 1.82) is 0 Å². The van der Waals surface area contributed by atoms with Crippen LogP contribution in [0.15, 0.2) is 54.4 Å². The van der Waals surface area contributed by atoms with Gasteiger partial charge in [-0.1, -0.05) is 18.2 Å². The van der Waals surface area contributed by atoms with Crippen LogP contribution in [0.5, 0.6) is 11.5 Å². The van der Waals surface area contributed by atoms with Crippen LogP contribution in [0.2, 0.25) is 0 Å². The van der Waals surface area contributed by atoms with Gasteiger partial charge in [0.15, 0.2) is 5.76 Å². The molecule has 6 nitrogen and oxygen atoms in total. The minimum Gasteiger partial charge on any atom is -0.452 e. The Labute approximate surface area is 156 Å². The van der Waals surface area contributed by atoms with Crippen molar-refractivity contribution in [2.24, 2.45) is 7.05 Å². The molecule has 0 N–H and O–H groups in total. The van der Waals surface area contributed by atoms with Crippen LogP contribution in [-0.2, 0) is 7.05 Å². The van der Waals surface area contributed by atoms with Gasteiger partial charge in [-0.2, -0.15) is 0 Å². The molecule has 1 aliphatic heterocycles. The molecule has 0 bridgehead atoms. The average Bonchev–Trinajstić information content (AvgIpc) is 3.13. The Balaban J connectivity index is 1.67.